The van der Waals surface area contributed by atoms with Gasteiger partial charge >= 0.3 is 0 Å². The van der Waals surface area contributed by atoms with Gasteiger partial charge in [0.05, 0.1) is 31.4 Å². The molecule has 1 aromatic carbocycles. The molecule has 7 heteroatoms. The molecule has 2 aliphatic heterocycles. The van der Waals surface area contributed by atoms with Gasteiger partial charge in [0.2, 0.25) is 5.91 Å². The summed E-state index contributed by atoms with van der Waals surface area (Å²) in [5.74, 6) is -0.402. The zero-order valence-corrected chi connectivity index (χ0v) is 13.6. The van der Waals surface area contributed by atoms with Gasteiger partial charge in [-0.15, -0.1) is 0 Å². The summed E-state index contributed by atoms with van der Waals surface area (Å²) in [6, 6.07) is 6.35. The Hall–Kier alpha value is -1.47. The predicted octanol–water partition coefficient (Wildman–Crippen LogP) is 0.894. The normalized spacial score (nSPS) is 22.8. The van der Waals surface area contributed by atoms with E-state index in [1.165, 1.54) is 4.90 Å². The zero-order chi connectivity index (χ0) is 16.2. The minimum atomic E-state index is -0.456. The molecule has 1 N–H and O–H groups in total. The molecule has 2 saturated heterocycles. The standard InChI is InChI=1S/C16H20ClN3O3/c17-12-2-1-3-13(10-12)20-15(21)11-14(16(20)22)18-4-5-19-6-8-23-9-7-19/h1-3,10,14,18H,4-9,11H2. The monoisotopic (exact) mass is 337 g/mol. The number of imide groups is 1. The molecule has 1 aromatic rings. The lowest BCUT2D eigenvalue weighted by atomic mass is 10.2. The van der Waals surface area contributed by atoms with Crippen molar-refractivity contribution in [1.82, 2.24) is 10.2 Å². The van der Waals surface area contributed by atoms with Crippen LogP contribution in [0.3, 0.4) is 0 Å². The second kappa shape index (κ2) is 7.40. The summed E-state index contributed by atoms with van der Waals surface area (Å²) in [6.45, 7) is 4.85. The highest BCUT2D eigenvalue weighted by molar-refractivity contribution is 6.31. The van der Waals surface area contributed by atoms with Gasteiger partial charge in [0.1, 0.15) is 0 Å². The molecule has 2 heterocycles. The van der Waals surface area contributed by atoms with E-state index in [1.54, 1.807) is 24.3 Å². The molecule has 0 spiro atoms. The molecule has 124 valence electrons. The molecule has 0 saturated carbocycles. The van der Waals surface area contributed by atoms with E-state index >= 15 is 0 Å². The number of anilines is 1. The molecule has 23 heavy (non-hydrogen) atoms. The quantitative estimate of drug-likeness (QED) is 0.809. The number of morpholine rings is 1. The summed E-state index contributed by atoms with van der Waals surface area (Å²) in [7, 11) is 0. The van der Waals surface area contributed by atoms with Crippen molar-refractivity contribution in [2.24, 2.45) is 0 Å². The van der Waals surface area contributed by atoms with Crippen LogP contribution in [0.25, 0.3) is 0 Å². The van der Waals surface area contributed by atoms with Crippen molar-refractivity contribution in [3.8, 4) is 0 Å². The maximum atomic E-state index is 12.5. The maximum absolute atomic E-state index is 12.5. The Kier molecular flexibility index (Phi) is 5.27. The lowest BCUT2D eigenvalue weighted by Gasteiger charge is -2.27. The van der Waals surface area contributed by atoms with Crippen molar-refractivity contribution in [3.63, 3.8) is 0 Å². The number of ether oxygens (including phenoxy) is 1. The van der Waals surface area contributed by atoms with E-state index in [0.717, 1.165) is 32.8 Å². The van der Waals surface area contributed by atoms with E-state index in [2.05, 4.69) is 10.2 Å². The fourth-order valence-corrected chi connectivity index (χ4v) is 3.08. The van der Waals surface area contributed by atoms with Gasteiger partial charge in [-0.3, -0.25) is 14.5 Å². The third-order valence-corrected chi connectivity index (χ3v) is 4.37. The van der Waals surface area contributed by atoms with Crippen molar-refractivity contribution in [3.05, 3.63) is 29.3 Å². The fourth-order valence-electron chi connectivity index (χ4n) is 2.90. The van der Waals surface area contributed by atoms with Gasteiger partial charge in [-0.25, -0.2) is 4.90 Å². The summed E-state index contributed by atoms with van der Waals surface area (Å²) >= 11 is 5.94. The van der Waals surface area contributed by atoms with E-state index < -0.39 is 6.04 Å². The molecular formula is C16H20ClN3O3. The van der Waals surface area contributed by atoms with E-state index in [-0.39, 0.29) is 18.2 Å². The van der Waals surface area contributed by atoms with Gasteiger partial charge in [0.25, 0.3) is 5.91 Å². The van der Waals surface area contributed by atoms with Gasteiger partial charge in [-0.05, 0) is 18.2 Å². The van der Waals surface area contributed by atoms with Crippen molar-refractivity contribution < 1.29 is 14.3 Å². The van der Waals surface area contributed by atoms with E-state index in [1.807, 2.05) is 0 Å². The van der Waals surface area contributed by atoms with Gasteiger partial charge < -0.3 is 10.1 Å². The minimum Gasteiger partial charge on any atom is -0.379 e. The Morgan fingerprint density at radius 3 is 2.78 bits per heavy atom. The number of carbonyl (C=O) groups excluding carboxylic acids is 2. The number of hydrogen-bond donors (Lipinski definition) is 1. The molecule has 0 bridgehead atoms. The van der Waals surface area contributed by atoms with Gasteiger partial charge in [0.15, 0.2) is 0 Å². The number of rotatable bonds is 5. The molecule has 0 radical (unpaired) electrons. The second-order valence-corrected chi connectivity index (χ2v) is 6.15. The molecule has 1 atom stereocenters. The minimum absolute atomic E-state index is 0.189. The molecule has 6 nitrogen and oxygen atoms in total. The van der Waals surface area contributed by atoms with Gasteiger partial charge in [-0.1, -0.05) is 17.7 Å². The number of carbonyl (C=O) groups is 2. The molecule has 2 aliphatic rings. The molecular weight excluding hydrogens is 318 g/mol. The first-order chi connectivity index (χ1) is 11.1. The Morgan fingerprint density at radius 2 is 2.04 bits per heavy atom. The highest BCUT2D eigenvalue weighted by atomic mass is 35.5. The van der Waals surface area contributed by atoms with Crippen LogP contribution in [0.4, 0.5) is 5.69 Å². The predicted molar refractivity (Wildman–Crippen MR) is 87.6 cm³/mol. The lowest BCUT2D eigenvalue weighted by Crippen LogP contribution is -2.44. The van der Waals surface area contributed by atoms with E-state index in [0.29, 0.717) is 17.3 Å². The second-order valence-electron chi connectivity index (χ2n) is 5.71. The third kappa shape index (κ3) is 3.90. The topological polar surface area (TPSA) is 61.9 Å². The largest absolute Gasteiger partial charge is 0.379 e. The van der Waals surface area contributed by atoms with Crippen LogP contribution >= 0.6 is 11.6 Å². The Morgan fingerprint density at radius 1 is 1.26 bits per heavy atom. The number of benzene rings is 1. The zero-order valence-electron chi connectivity index (χ0n) is 12.8. The van der Waals surface area contributed by atoms with Crippen molar-refractivity contribution in [2.45, 2.75) is 12.5 Å². The van der Waals surface area contributed by atoms with E-state index in [9.17, 15) is 9.59 Å². The average molecular weight is 338 g/mol. The smallest absolute Gasteiger partial charge is 0.251 e. The van der Waals surface area contributed by atoms with Crippen LogP contribution in [0.1, 0.15) is 6.42 Å². The van der Waals surface area contributed by atoms with Crippen molar-refractivity contribution in [2.75, 3.05) is 44.3 Å². The summed E-state index contributed by atoms with van der Waals surface area (Å²) in [5, 5.41) is 3.70. The first-order valence-electron chi connectivity index (χ1n) is 7.81. The maximum Gasteiger partial charge on any atom is 0.251 e. The Labute approximate surface area is 140 Å². The van der Waals surface area contributed by atoms with Gasteiger partial charge in [-0.2, -0.15) is 0 Å². The number of hydrogen-bond acceptors (Lipinski definition) is 5. The van der Waals surface area contributed by atoms with Crippen LogP contribution in [-0.2, 0) is 14.3 Å². The Bertz CT molecular complexity index is 590. The third-order valence-electron chi connectivity index (χ3n) is 4.14. The highest BCUT2D eigenvalue weighted by Crippen LogP contribution is 2.25. The molecule has 2 amide bonds. The summed E-state index contributed by atoms with van der Waals surface area (Å²) in [4.78, 5) is 28.1. The Balaban J connectivity index is 1.55. The van der Waals surface area contributed by atoms with Crippen LogP contribution in [-0.4, -0.2) is 62.1 Å². The SMILES string of the molecule is O=C1CC(NCCN2CCOCC2)C(=O)N1c1cccc(Cl)c1. The summed E-state index contributed by atoms with van der Waals surface area (Å²) in [6.07, 6.45) is 0.189. The van der Waals surface area contributed by atoms with Crippen LogP contribution < -0.4 is 10.2 Å². The number of amides is 2. The fraction of sp³-hybridized carbons (Fsp3) is 0.500. The van der Waals surface area contributed by atoms with E-state index in [4.69, 9.17) is 16.3 Å². The van der Waals surface area contributed by atoms with Crippen LogP contribution in [0.15, 0.2) is 24.3 Å². The molecule has 1 unspecified atom stereocenters. The summed E-state index contributed by atoms with van der Waals surface area (Å²) < 4.78 is 5.30. The number of nitrogens with one attached hydrogen (secondary N) is 1. The first kappa shape index (κ1) is 16.4. The first-order valence-corrected chi connectivity index (χ1v) is 8.19. The van der Waals surface area contributed by atoms with Crippen LogP contribution in [0.5, 0.6) is 0 Å². The highest BCUT2D eigenvalue weighted by Gasteiger charge is 2.39. The van der Waals surface area contributed by atoms with Crippen molar-refractivity contribution in [1.29, 1.82) is 0 Å². The molecule has 2 fully saturated rings. The van der Waals surface area contributed by atoms with Crippen LogP contribution in [0.2, 0.25) is 5.02 Å². The average Bonchev–Trinajstić information content (AvgIpc) is 2.82. The van der Waals surface area contributed by atoms with Crippen molar-refractivity contribution >= 4 is 29.1 Å². The number of halogens is 1. The van der Waals surface area contributed by atoms with Gasteiger partial charge in [0, 0.05) is 31.2 Å². The molecule has 0 aliphatic carbocycles. The molecule has 3 rings (SSSR count). The lowest BCUT2D eigenvalue weighted by molar-refractivity contribution is -0.121. The molecule has 0 aromatic heterocycles. The number of nitrogens with zero attached hydrogens (tertiary/aromatic N) is 2. The summed E-state index contributed by atoms with van der Waals surface area (Å²) in [5.41, 5.74) is 0.532. The van der Waals surface area contributed by atoms with Crippen LogP contribution in [0, 0.1) is 0 Å².